The van der Waals surface area contributed by atoms with Crippen molar-refractivity contribution in [3.63, 3.8) is 0 Å². The van der Waals surface area contributed by atoms with Crippen LogP contribution in [-0.2, 0) is 6.54 Å². The third-order valence-electron chi connectivity index (χ3n) is 3.83. The van der Waals surface area contributed by atoms with Gasteiger partial charge in [0.2, 0.25) is 0 Å². The normalized spacial score (nSPS) is 10.4. The van der Waals surface area contributed by atoms with E-state index in [2.05, 4.69) is 15.6 Å². The quantitative estimate of drug-likeness (QED) is 0.658. The Bertz CT molecular complexity index is 1030. The molecule has 0 aliphatic heterocycles. The minimum atomic E-state index is -1.68. The third kappa shape index (κ3) is 4.35. The van der Waals surface area contributed by atoms with Crippen LogP contribution >= 0.6 is 0 Å². The lowest BCUT2D eigenvalue weighted by Gasteiger charge is -2.09. The lowest BCUT2D eigenvalue weighted by molar-refractivity contribution is 0.0950. The van der Waals surface area contributed by atoms with Crippen molar-refractivity contribution in [1.29, 1.82) is 0 Å². The van der Waals surface area contributed by atoms with E-state index in [1.807, 2.05) is 0 Å². The van der Waals surface area contributed by atoms with Crippen molar-refractivity contribution in [2.45, 2.75) is 6.54 Å². The zero-order valence-electron chi connectivity index (χ0n) is 14.4. The van der Waals surface area contributed by atoms with Gasteiger partial charge >= 0.3 is 0 Å². The number of carbonyl (C=O) groups is 2. The molecule has 3 rings (SSSR count). The maximum absolute atomic E-state index is 13.7. The second-order valence-corrected chi connectivity index (χ2v) is 5.76. The Labute approximate surface area is 158 Å². The van der Waals surface area contributed by atoms with Crippen molar-refractivity contribution < 1.29 is 22.8 Å². The Morgan fingerprint density at radius 3 is 2.32 bits per heavy atom. The molecule has 8 heteroatoms. The standard InChI is InChI=1S/C20H14F3N3O2/c21-15-7-8-16(18(23)17(15)22)26-20(28)13-5-3-4-12(10-13)19(27)25-11-14-6-1-2-9-24-14/h1-10H,11H2,(H,25,27)(H,26,28). The van der Waals surface area contributed by atoms with Crippen molar-refractivity contribution in [3.8, 4) is 0 Å². The summed E-state index contributed by atoms with van der Waals surface area (Å²) in [6.07, 6.45) is 1.60. The van der Waals surface area contributed by atoms with Gasteiger partial charge < -0.3 is 10.6 Å². The second kappa shape index (κ2) is 8.34. The molecule has 142 valence electrons. The molecule has 0 saturated carbocycles. The molecule has 28 heavy (non-hydrogen) atoms. The molecule has 0 atom stereocenters. The van der Waals surface area contributed by atoms with Crippen LogP contribution in [0.1, 0.15) is 26.4 Å². The van der Waals surface area contributed by atoms with Gasteiger partial charge in [-0.05, 0) is 42.5 Å². The summed E-state index contributed by atoms with van der Waals surface area (Å²) < 4.78 is 40.0. The zero-order valence-corrected chi connectivity index (χ0v) is 14.4. The van der Waals surface area contributed by atoms with Crippen LogP contribution in [0.4, 0.5) is 18.9 Å². The van der Waals surface area contributed by atoms with Gasteiger partial charge in [-0.25, -0.2) is 13.2 Å². The summed E-state index contributed by atoms with van der Waals surface area (Å²) in [4.78, 5) is 28.6. The van der Waals surface area contributed by atoms with Gasteiger partial charge in [-0.2, -0.15) is 0 Å². The van der Waals surface area contributed by atoms with E-state index in [1.54, 1.807) is 24.4 Å². The Hall–Kier alpha value is -3.68. The molecular weight excluding hydrogens is 371 g/mol. The molecule has 0 bridgehead atoms. The maximum Gasteiger partial charge on any atom is 0.255 e. The number of pyridine rings is 1. The molecule has 1 aromatic heterocycles. The van der Waals surface area contributed by atoms with E-state index in [0.717, 1.165) is 6.07 Å². The van der Waals surface area contributed by atoms with E-state index in [9.17, 15) is 22.8 Å². The Morgan fingerprint density at radius 1 is 0.857 bits per heavy atom. The van der Waals surface area contributed by atoms with Crippen molar-refractivity contribution in [2.75, 3.05) is 5.32 Å². The highest BCUT2D eigenvalue weighted by Crippen LogP contribution is 2.20. The number of aromatic nitrogens is 1. The molecular formula is C20H14F3N3O2. The summed E-state index contributed by atoms with van der Waals surface area (Å²) in [6, 6.07) is 12.6. The number of hydrogen-bond donors (Lipinski definition) is 2. The molecule has 0 spiro atoms. The van der Waals surface area contributed by atoms with Gasteiger partial charge in [0.15, 0.2) is 17.5 Å². The van der Waals surface area contributed by atoms with Crippen molar-refractivity contribution >= 4 is 17.5 Å². The number of rotatable bonds is 5. The number of nitrogens with zero attached hydrogens (tertiary/aromatic N) is 1. The van der Waals surface area contributed by atoms with Gasteiger partial charge in [0.05, 0.1) is 17.9 Å². The van der Waals surface area contributed by atoms with Crippen molar-refractivity contribution in [3.05, 3.63) is 95.1 Å². The lowest BCUT2D eigenvalue weighted by Crippen LogP contribution is -2.24. The molecule has 0 radical (unpaired) electrons. The summed E-state index contributed by atoms with van der Waals surface area (Å²) >= 11 is 0. The summed E-state index contributed by atoms with van der Waals surface area (Å²) in [7, 11) is 0. The Kier molecular flexibility index (Phi) is 5.69. The number of nitrogens with one attached hydrogen (secondary N) is 2. The van der Waals surface area contributed by atoms with Gasteiger partial charge in [-0.3, -0.25) is 14.6 Å². The Morgan fingerprint density at radius 2 is 1.61 bits per heavy atom. The highest BCUT2D eigenvalue weighted by Gasteiger charge is 2.17. The molecule has 2 N–H and O–H groups in total. The van der Waals surface area contributed by atoms with Gasteiger partial charge in [0.1, 0.15) is 0 Å². The monoisotopic (exact) mass is 385 g/mol. The largest absolute Gasteiger partial charge is 0.346 e. The average Bonchev–Trinajstić information content (AvgIpc) is 2.73. The van der Waals surface area contributed by atoms with E-state index in [-0.39, 0.29) is 17.7 Å². The molecule has 1 heterocycles. The van der Waals surface area contributed by atoms with Crippen molar-refractivity contribution in [2.24, 2.45) is 0 Å². The highest BCUT2D eigenvalue weighted by molar-refractivity contribution is 6.06. The maximum atomic E-state index is 13.7. The molecule has 0 fully saturated rings. The van der Waals surface area contributed by atoms with Crippen LogP contribution in [-0.4, -0.2) is 16.8 Å². The van der Waals surface area contributed by atoms with Crippen LogP contribution in [0.3, 0.4) is 0 Å². The fraction of sp³-hybridized carbons (Fsp3) is 0.0500. The van der Waals surface area contributed by atoms with Crippen LogP contribution in [0.5, 0.6) is 0 Å². The number of amides is 2. The molecule has 2 amide bonds. The number of benzene rings is 2. The first-order chi connectivity index (χ1) is 13.5. The minimum absolute atomic E-state index is 0.0506. The van der Waals surface area contributed by atoms with Crippen LogP contribution in [0.2, 0.25) is 0 Å². The Balaban J connectivity index is 1.71. The molecule has 5 nitrogen and oxygen atoms in total. The fourth-order valence-electron chi connectivity index (χ4n) is 2.39. The van der Waals surface area contributed by atoms with Crippen LogP contribution in [0.25, 0.3) is 0 Å². The summed E-state index contributed by atoms with van der Waals surface area (Å²) in [5, 5.41) is 4.83. The van der Waals surface area contributed by atoms with Gasteiger partial charge in [-0.1, -0.05) is 12.1 Å². The predicted octanol–water partition coefficient (Wildman–Crippen LogP) is 3.68. The van der Waals surface area contributed by atoms with E-state index >= 15 is 0 Å². The number of anilines is 1. The molecule has 0 unspecified atom stereocenters. The lowest BCUT2D eigenvalue weighted by atomic mass is 10.1. The first kappa shape index (κ1) is 19.1. The zero-order chi connectivity index (χ0) is 20.1. The average molecular weight is 385 g/mol. The molecule has 0 aliphatic carbocycles. The van der Waals surface area contributed by atoms with Crippen LogP contribution in [0, 0.1) is 17.5 Å². The molecule has 3 aromatic rings. The van der Waals surface area contributed by atoms with E-state index < -0.39 is 35.0 Å². The smallest absolute Gasteiger partial charge is 0.255 e. The van der Waals surface area contributed by atoms with E-state index in [4.69, 9.17) is 0 Å². The van der Waals surface area contributed by atoms with Gasteiger partial charge in [-0.15, -0.1) is 0 Å². The molecule has 2 aromatic carbocycles. The minimum Gasteiger partial charge on any atom is -0.346 e. The number of halogens is 3. The van der Waals surface area contributed by atoms with Crippen LogP contribution in [0.15, 0.2) is 60.8 Å². The van der Waals surface area contributed by atoms with E-state index in [1.165, 1.54) is 24.3 Å². The highest BCUT2D eigenvalue weighted by atomic mass is 19.2. The number of carbonyl (C=O) groups excluding carboxylic acids is 2. The summed E-state index contributed by atoms with van der Waals surface area (Å²) in [5.74, 6) is -5.75. The van der Waals surface area contributed by atoms with E-state index in [0.29, 0.717) is 11.8 Å². The first-order valence-corrected chi connectivity index (χ1v) is 8.18. The molecule has 0 saturated heterocycles. The van der Waals surface area contributed by atoms with Gasteiger partial charge in [0, 0.05) is 17.3 Å². The summed E-state index contributed by atoms with van der Waals surface area (Å²) in [5.41, 5.74) is 0.413. The number of hydrogen-bond acceptors (Lipinski definition) is 3. The second-order valence-electron chi connectivity index (χ2n) is 5.76. The SMILES string of the molecule is O=C(NCc1ccccn1)c1cccc(C(=O)Nc2ccc(F)c(F)c2F)c1. The summed E-state index contributed by atoms with van der Waals surface area (Å²) in [6.45, 7) is 0.205. The van der Waals surface area contributed by atoms with Crippen molar-refractivity contribution in [1.82, 2.24) is 10.3 Å². The third-order valence-corrected chi connectivity index (χ3v) is 3.83. The van der Waals surface area contributed by atoms with Gasteiger partial charge in [0.25, 0.3) is 11.8 Å². The van der Waals surface area contributed by atoms with Crippen LogP contribution < -0.4 is 10.6 Å². The molecule has 0 aliphatic rings. The first-order valence-electron chi connectivity index (χ1n) is 8.18. The fourth-order valence-corrected chi connectivity index (χ4v) is 2.39. The predicted molar refractivity (Wildman–Crippen MR) is 96.1 cm³/mol. The topological polar surface area (TPSA) is 71.1 Å².